The Morgan fingerprint density at radius 3 is 2.52 bits per heavy atom. The molecule has 6 nitrogen and oxygen atoms in total. The van der Waals surface area contributed by atoms with Crippen molar-refractivity contribution in [2.24, 2.45) is 0 Å². The lowest BCUT2D eigenvalue weighted by Gasteiger charge is -2.37. The van der Waals surface area contributed by atoms with Crippen LogP contribution in [0.5, 0.6) is 0 Å². The van der Waals surface area contributed by atoms with Gasteiger partial charge in [0.1, 0.15) is 5.54 Å². The monoisotopic (exact) mass is 353 g/mol. The number of carbonyl (C=O) groups is 1. The molecule has 1 aromatic carbocycles. The molecule has 0 aliphatic heterocycles. The van der Waals surface area contributed by atoms with E-state index in [1.54, 1.807) is 12.1 Å². The Morgan fingerprint density at radius 2 is 1.88 bits per heavy atom. The molecule has 0 spiro atoms. The van der Waals surface area contributed by atoms with Gasteiger partial charge in [-0.05, 0) is 41.8 Å². The first-order valence-corrected chi connectivity index (χ1v) is 8.08. The number of hydrogen-bond donors (Lipinski definition) is 1. The molecule has 0 bridgehead atoms. The predicted molar refractivity (Wildman–Crippen MR) is 82.9 cm³/mol. The molecule has 2 aromatic rings. The predicted octanol–water partition coefficient (Wildman–Crippen LogP) is 2.81. The Hall–Kier alpha value is -2.45. The molecule has 1 aromatic heterocycles. The van der Waals surface area contributed by atoms with Gasteiger partial charge in [-0.25, -0.2) is 0 Å². The van der Waals surface area contributed by atoms with Gasteiger partial charge in [-0.3, -0.25) is 4.79 Å². The molecule has 0 unspecified atom stereocenters. The number of hydrogen-bond acceptors (Lipinski definition) is 4. The maximum absolute atomic E-state index is 12.8. The van der Waals surface area contributed by atoms with E-state index in [2.05, 4.69) is 20.8 Å². The van der Waals surface area contributed by atoms with Crippen molar-refractivity contribution in [1.82, 2.24) is 25.5 Å². The first-order chi connectivity index (χ1) is 11.8. The summed E-state index contributed by atoms with van der Waals surface area (Å²) in [6.07, 6.45) is -1.94. The van der Waals surface area contributed by atoms with Gasteiger partial charge in [0, 0.05) is 0 Å². The largest absolute Gasteiger partial charge is 0.471 e. The summed E-state index contributed by atoms with van der Waals surface area (Å²) in [5, 5.41) is 13.8. The number of alkyl halides is 3. The van der Waals surface area contributed by atoms with Gasteiger partial charge in [-0.2, -0.15) is 17.9 Å². The third-order valence-corrected chi connectivity index (χ3v) is 4.56. The van der Waals surface area contributed by atoms with Crippen LogP contribution >= 0.6 is 0 Å². The number of benzene rings is 1. The normalized spacial score (nSPS) is 17.3. The van der Waals surface area contributed by atoms with Crippen LogP contribution in [0.15, 0.2) is 24.3 Å². The summed E-state index contributed by atoms with van der Waals surface area (Å²) >= 11 is 0. The number of halogens is 3. The summed E-state index contributed by atoms with van der Waals surface area (Å²) in [6, 6.07) is 7.31. The number of aromatic nitrogens is 4. The fraction of sp³-hybridized carbons (Fsp3) is 0.500. The highest BCUT2D eigenvalue weighted by molar-refractivity contribution is 5.82. The van der Waals surface area contributed by atoms with Crippen molar-refractivity contribution in [1.29, 1.82) is 0 Å². The van der Waals surface area contributed by atoms with E-state index in [4.69, 9.17) is 0 Å². The molecule has 0 radical (unpaired) electrons. The SMILES string of the molecule is Cc1ccccc1-n1nnnc1C1(NC(=O)C(F)(F)F)CCCCC1. The number of amides is 1. The summed E-state index contributed by atoms with van der Waals surface area (Å²) in [6.45, 7) is 1.86. The standard InChI is InChI=1S/C16H18F3N5O/c1-11-7-3-4-8-12(11)24-13(21-22-23-24)15(9-5-2-6-10-15)20-14(25)16(17,18)19/h3-4,7-8H,2,5-6,9-10H2,1H3,(H,20,25). The number of nitrogens with one attached hydrogen (secondary N) is 1. The average Bonchev–Trinajstić information content (AvgIpc) is 3.05. The van der Waals surface area contributed by atoms with Gasteiger partial charge in [0.2, 0.25) is 0 Å². The van der Waals surface area contributed by atoms with Crippen LogP contribution in [0.3, 0.4) is 0 Å². The van der Waals surface area contributed by atoms with Crippen LogP contribution < -0.4 is 5.32 Å². The molecule has 1 fully saturated rings. The smallest absolute Gasteiger partial charge is 0.335 e. The fourth-order valence-corrected chi connectivity index (χ4v) is 3.30. The number of carbonyl (C=O) groups excluding carboxylic acids is 1. The van der Waals surface area contributed by atoms with Crippen molar-refractivity contribution in [2.75, 3.05) is 0 Å². The number of nitrogens with zero attached hydrogens (tertiary/aromatic N) is 4. The number of aryl methyl sites for hydroxylation is 1. The molecule has 0 saturated heterocycles. The molecule has 3 rings (SSSR count). The minimum Gasteiger partial charge on any atom is -0.335 e. The lowest BCUT2D eigenvalue weighted by molar-refractivity contribution is -0.176. The Labute approximate surface area is 142 Å². The molecule has 25 heavy (non-hydrogen) atoms. The molecule has 1 N–H and O–H groups in total. The molecule has 0 atom stereocenters. The van der Waals surface area contributed by atoms with E-state index in [9.17, 15) is 18.0 Å². The zero-order valence-electron chi connectivity index (χ0n) is 13.7. The third-order valence-electron chi connectivity index (χ3n) is 4.56. The molecule has 9 heteroatoms. The maximum Gasteiger partial charge on any atom is 0.471 e. The Kier molecular flexibility index (Phi) is 4.49. The summed E-state index contributed by atoms with van der Waals surface area (Å²) in [5.41, 5.74) is 0.328. The number of rotatable bonds is 3. The van der Waals surface area contributed by atoms with Crippen LogP contribution in [0, 0.1) is 6.92 Å². The zero-order valence-corrected chi connectivity index (χ0v) is 13.7. The van der Waals surface area contributed by atoms with E-state index in [1.807, 2.05) is 19.1 Å². The average molecular weight is 353 g/mol. The molecule has 1 aliphatic rings. The van der Waals surface area contributed by atoms with E-state index >= 15 is 0 Å². The first kappa shape index (κ1) is 17.4. The summed E-state index contributed by atoms with van der Waals surface area (Å²) < 4.78 is 39.9. The van der Waals surface area contributed by atoms with Crippen molar-refractivity contribution >= 4 is 5.91 Å². The van der Waals surface area contributed by atoms with Gasteiger partial charge < -0.3 is 5.32 Å². The summed E-state index contributed by atoms with van der Waals surface area (Å²) in [5.74, 6) is -1.73. The Balaban J connectivity index is 2.06. The van der Waals surface area contributed by atoms with Crippen molar-refractivity contribution < 1.29 is 18.0 Å². The highest BCUT2D eigenvalue weighted by Crippen LogP contribution is 2.37. The maximum atomic E-state index is 12.8. The van der Waals surface area contributed by atoms with Crippen molar-refractivity contribution in [2.45, 2.75) is 50.7 Å². The number of tetrazole rings is 1. The summed E-state index contributed by atoms with van der Waals surface area (Å²) in [4.78, 5) is 11.6. The molecule has 1 heterocycles. The first-order valence-electron chi connectivity index (χ1n) is 8.08. The van der Waals surface area contributed by atoms with Gasteiger partial charge in [-0.1, -0.05) is 37.5 Å². The van der Waals surface area contributed by atoms with Crippen molar-refractivity contribution in [3.63, 3.8) is 0 Å². The summed E-state index contributed by atoms with van der Waals surface area (Å²) in [7, 11) is 0. The van der Waals surface area contributed by atoms with Gasteiger partial charge >= 0.3 is 12.1 Å². The van der Waals surface area contributed by atoms with Crippen LogP contribution in [0.2, 0.25) is 0 Å². The second-order valence-corrected chi connectivity index (χ2v) is 6.30. The lowest BCUT2D eigenvalue weighted by atomic mass is 9.80. The topological polar surface area (TPSA) is 72.7 Å². The second kappa shape index (κ2) is 6.45. The van der Waals surface area contributed by atoms with Crippen LogP contribution in [0.4, 0.5) is 13.2 Å². The van der Waals surface area contributed by atoms with E-state index < -0.39 is 17.6 Å². The Bertz CT molecular complexity index is 765. The van der Waals surface area contributed by atoms with Gasteiger partial charge in [0.25, 0.3) is 0 Å². The minimum absolute atomic E-state index is 0.235. The van der Waals surface area contributed by atoms with Crippen LogP contribution in [-0.4, -0.2) is 32.3 Å². The number of para-hydroxylation sites is 1. The quantitative estimate of drug-likeness (QED) is 0.921. The molecular formula is C16H18F3N5O. The second-order valence-electron chi connectivity index (χ2n) is 6.30. The molecule has 1 amide bonds. The van der Waals surface area contributed by atoms with E-state index in [0.717, 1.165) is 12.0 Å². The Morgan fingerprint density at radius 1 is 1.20 bits per heavy atom. The highest BCUT2D eigenvalue weighted by atomic mass is 19.4. The van der Waals surface area contributed by atoms with E-state index in [1.165, 1.54) is 4.68 Å². The van der Waals surface area contributed by atoms with Gasteiger partial charge in [0.05, 0.1) is 5.69 Å². The van der Waals surface area contributed by atoms with Crippen molar-refractivity contribution in [3.05, 3.63) is 35.7 Å². The van der Waals surface area contributed by atoms with E-state index in [0.29, 0.717) is 31.4 Å². The molecule has 1 saturated carbocycles. The molecule has 1 aliphatic carbocycles. The van der Waals surface area contributed by atoms with Crippen LogP contribution in [0.1, 0.15) is 43.5 Å². The van der Waals surface area contributed by atoms with E-state index in [-0.39, 0.29) is 5.82 Å². The highest BCUT2D eigenvalue weighted by Gasteiger charge is 2.47. The third kappa shape index (κ3) is 3.35. The fourth-order valence-electron chi connectivity index (χ4n) is 3.30. The van der Waals surface area contributed by atoms with Crippen LogP contribution in [-0.2, 0) is 10.3 Å². The minimum atomic E-state index is -4.95. The van der Waals surface area contributed by atoms with Gasteiger partial charge in [-0.15, -0.1) is 5.10 Å². The zero-order chi connectivity index (χ0) is 18.1. The van der Waals surface area contributed by atoms with Crippen molar-refractivity contribution in [3.8, 4) is 5.69 Å². The molecule has 134 valence electrons. The van der Waals surface area contributed by atoms with Gasteiger partial charge in [0.15, 0.2) is 5.82 Å². The lowest BCUT2D eigenvalue weighted by Crippen LogP contribution is -2.53. The van der Waals surface area contributed by atoms with Crippen LogP contribution in [0.25, 0.3) is 5.69 Å². The molecular weight excluding hydrogens is 335 g/mol.